The Kier molecular flexibility index (Phi) is 5.92. The van der Waals surface area contributed by atoms with Gasteiger partial charge in [-0.25, -0.2) is 8.78 Å². The quantitative estimate of drug-likeness (QED) is 0.837. The fraction of sp³-hybridized carbons (Fsp3) is 0.538. The number of thioether (sulfide) groups is 1. The Morgan fingerprint density at radius 3 is 2.47 bits per heavy atom. The van der Waals surface area contributed by atoms with Gasteiger partial charge in [-0.05, 0) is 24.8 Å². The highest BCUT2D eigenvalue weighted by Crippen LogP contribution is 2.22. The lowest BCUT2D eigenvalue weighted by Crippen LogP contribution is -2.20. The van der Waals surface area contributed by atoms with Gasteiger partial charge < -0.3 is 5.32 Å². The minimum Gasteiger partial charge on any atom is -0.312 e. The van der Waals surface area contributed by atoms with Gasteiger partial charge in [-0.1, -0.05) is 19.9 Å². The maximum atomic E-state index is 13.6. The van der Waals surface area contributed by atoms with Crippen molar-refractivity contribution in [3.63, 3.8) is 0 Å². The van der Waals surface area contributed by atoms with Crippen LogP contribution in [0.3, 0.4) is 0 Å². The summed E-state index contributed by atoms with van der Waals surface area (Å²) >= 11 is 1.78. The molecule has 0 heterocycles. The third-order valence-electron chi connectivity index (χ3n) is 2.42. The number of hydrogen-bond donors (Lipinski definition) is 1. The van der Waals surface area contributed by atoms with Crippen LogP contribution in [0.1, 0.15) is 25.5 Å². The van der Waals surface area contributed by atoms with Crippen LogP contribution in [-0.2, 0) is 0 Å². The number of benzene rings is 1. The Hall–Kier alpha value is -0.610. The predicted molar refractivity (Wildman–Crippen MR) is 70.3 cm³/mol. The summed E-state index contributed by atoms with van der Waals surface area (Å²) in [6.07, 6.45) is 0. The Morgan fingerprint density at radius 2 is 1.94 bits per heavy atom. The molecule has 4 heteroatoms. The minimum absolute atomic E-state index is 0.0700. The molecule has 1 aromatic carbocycles. The van der Waals surface area contributed by atoms with E-state index in [2.05, 4.69) is 19.2 Å². The van der Waals surface area contributed by atoms with Gasteiger partial charge in [0, 0.05) is 23.4 Å². The number of hydrogen-bond acceptors (Lipinski definition) is 2. The zero-order valence-electron chi connectivity index (χ0n) is 10.5. The summed E-state index contributed by atoms with van der Waals surface area (Å²) in [4.78, 5) is 0. The van der Waals surface area contributed by atoms with Crippen molar-refractivity contribution in [1.82, 2.24) is 5.32 Å². The number of halogens is 2. The topological polar surface area (TPSA) is 12.0 Å². The van der Waals surface area contributed by atoms with Crippen LogP contribution in [0.2, 0.25) is 0 Å². The largest absolute Gasteiger partial charge is 0.312 e. The van der Waals surface area contributed by atoms with Crippen molar-refractivity contribution in [2.75, 3.05) is 18.6 Å². The van der Waals surface area contributed by atoms with E-state index in [1.54, 1.807) is 18.8 Å². The average molecular weight is 259 g/mol. The molecule has 96 valence electrons. The zero-order chi connectivity index (χ0) is 12.8. The van der Waals surface area contributed by atoms with Gasteiger partial charge in [0.05, 0.1) is 0 Å². The van der Waals surface area contributed by atoms with Crippen molar-refractivity contribution < 1.29 is 8.78 Å². The second kappa shape index (κ2) is 6.97. The summed E-state index contributed by atoms with van der Waals surface area (Å²) in [5, 5.41) is 3.07. The van der Waals surface area contributed by atoms with Crippen LogP contribution in [0, 0.1) is 17.6 Å². The average Bonchev–Trinajstić information content (AvgIpc) is 2.25. The van der Waals surface area contributed by atoms with Crippen LogP contribution in [0.5, 0.6) is 0 Å². The second-order valence-electron chi connectivity index (χ2n) is 4.44. The first-order valence-electron chi connectivity index (χ1n) is 5.74. The molecule has 0 spiro atoms. The first kappa shape index (κ1) is 14.5. The van der Waals surface area contributed by atoms with Crippen LogP contribution in [0.4, 0.5) is 8.78 Å². The third kappa shape index (κ3) is 4.64. The van der Waals surface area contributed by atoms with E-state index in [9.17, 15) is 8.78 Å². The van der Waals surface area contributed by atoms with Gasteiger partial charge in [0.15, 0.2) is 0 Å². The van der Waals surface area contributed by atoms with Crippen molar-refractivity contribution in [3.05, 3.63) is 35.4 Å². The summed E-state index contributed by atoms with van der Waals surface area (Å²) in [6.45, 7) is 4.31. The van der Waals surface area contributed by atoms with Gasteiger partial charge in [0.2, 0.25) is 0 Å². The molecule has 0 aliphatic rings. The van der Waals surface area contributed by atoms with Gasteiger partial charge in [-0.15, -0.1) is 0 Å². The van der Waals surface area contributed by atoms with E-state index in [1.165, 1.54) is 12.1 Å². The third-order valence-corrected chi connectivity index (χ3v) is 3.89. The van der Waals surface area contributed by atoms with Crippen molar-refractivity contribution in [3.8, 4) is 0 Å². The Labute approximate surface area is 106 Å². The Morgan fingerprint density at radius 1 is 1.24 bits per heavy atom. The predicted octanol–water partition coefficient (Wildman–Crippen LogP) is 3.61. The molecule has 0 amide bonds. The standard InChI is InChI=1S/C13H19F2NS/c1-9(2)7-17-8-13(16-3)11-5-4-10(14)6-12(11)15/h4-6,9,13,16H,7-8H2,1-3H3. The van der Waals surface area contributed by atoms with Gasteiger partial charge >= 0.3 is 0 Å². The van der Waals surface area contributed by atoms with Crippen molar-refractivity contribution in [1.29, 1.82) is 0 Å². The van der Waals surface area contributed by atoms with Crippen LogP contribution >= 0.6 is 11.8 Å². The monoisotopic (exact) mass is 259 g/mol. The van der Waals surface area contributed by atoms with Crippen molar-refractivity contribution in [2.24, 2.45) is 5.92 Å². The summed E-state index contributed by atoms with van der Waals surface area (Å²) < 4.78 is 26.4. The highest BCUT2D eigenvalue weighted by molar-refractivity contribution is 7.99. The van der Waals surface area contributed by atoms with Crippen LogP contribution in [-0.4, -0.2) is 18.6 Å². The van der Waals surface area contributed by atoms with E-state index in [-0.39, 0.29) is 6.04 Å². The fourth-order valence-corrected chi connectivity index (χ4v) is 2.72. The van der Waals surface area contributed by atoms with E-state index in [4.69, 9.17) is 0 Å². The van der Waals surface area contributed by atoms with E-state index in [1.807, 2.05) is 0 Å². The first-order chi connectivity index (χ1) is 8.04. The first-order valence-corrected chi connectivity index (χ1v) is 6.90. The van der Waals surface area contributed by atoms with E-state index in [0.717, 1.165) is 17.6 Å². The highest BCUT2D eigenvalue weighted by Gasteiger charge is 2.14. The molecule has 0 aromatic heterocycles. The van der Waals surface area contributed by atoms with E-state index >= 15 is 0 Å². The van der Waals surface area contributed by atoms with Crippen LogP contribution < -0.4 is 5.32 Å². The Bertz CT molecular complexity index is 355. The van der Waals surface area contributed by atoms with Gasteiger partial charge in [0.25, 0.3) is 0 Å². The minimum atomic E-state index is -0.532. The molecular formula is C13H19F2NS. The molecule has 17 heavy (non-hydrogen) atoms. The Balaban J connectivity index is 2.66. The smallest absolute Gasteiger partial charge is 0.130 e. The normalized spacial score (nSPS) is 13.1. The summed E-state index contributed by atoms with van der Waals surface area (Å²) in [5.41, 5.74) is 0.533. The lowest BCUT2D eigenvalue weighted by atomic mass is 10.1. The molecule has 1 N–H and O–H groups in total. The van der Waals surface area contributed by atoms with E-state index < -0.39 is 11.6 Å². The number of rotatable bonds is 6. The maximum Gasteiger partial charge on any atom is 0.130 e. The molecule has 0 aliphatic heterocycles. The van der Waals surface area contributed by atoms with Gasteiger partial charge in [0.1, 0.15) is 11.6 Å². The molecule has 1 nitrogen and oxygen atoms in total. The molecule has 1 rings (SSSR count). The zero-order valence-corrected chi connectivity index (χ0v) is 11.3. The fourth-order valence-electron chi connectivity index (χ4n) is 1.53. The van der Waals surface area contributed by atoms with Crippen molar-refractivity contribution in [2.45, 2.75) is 19.9 Å². The second-order valence-corrected chi connectivity index (χ2v) is 5.51. The molecular weight excluding hydrogens is 240 g/mol. The molecule has 0 radical (unpaired) electrons. The van der Waals surface area contributed by atoms with Gasteiger partial charge in [-0.2, -0.15) is 11.8 Å². The molecule has 0 bridgehead atoms. The SMILES string of the molecule is CNC(CSCC(C)C)c1ccc(F)cc1F. The summed E-state index contributed by atoms with van der Waals surface area (Å²) in [7, 11) is 1.80. The molecule has 0 aliphatic carbocycles. The lowest BCUT2D eigenvalue weighted by molar-refractivity contribution is 0.544. The molecule has 1 unspecified atom stereocenters. The van der Waals surface area contributed by atoms with Crippen LogP contribution in [0.15, 0.2) is 18.2 Å². The summed E-state index contributed by atoms with van der Waals surface area (Å²) in [5.74, 6) is 1.44. The maximum absolute atomic E-state index is 13.6. The number of nitrogens with one attached hydrogen (secondary N) is 1. The molecule has 1 atom stereocenters. The molecule has 0 saturated carbocycles. The van der Waals surface area contributed by atoms with E-state index in [0.29, 0.717) is 11.5 Å². The van der Waals surface area contributed by atoms with Crippen LogP contribution in [0.25, 0.3) is 0 Å². The molecule has 0 fully saturated rings. The summed E-state index contributed by atoms with van der Waals surface area (Å²) in [6, 6.07) is 3.68. The molecule has 1 aromatic rings. The van der Waals surface area contributed by atoms with Crippen molar-refractivity contribution >= 4 is 11.8 Å². The highest BCUT2D eigenvalue weighted by atomic mass is 32.2. The molecule has 0 saturated heterocycles. The van der Waals surface area contributed by atoms with Gasteiger partial charge in [-0.3, -0.25) is 0 Å². The lowest BCUT2D eigenvalue weighted by Gasteiger charge is -2.17.